The molecule has 50 heavy (non-hydrogen) atoms. The topological polar surface area (TPSA) is 135 Å². The second-order valence-electron chi connectivity index (χ2n) is 12.9. The Morgan fingerprint density at radius 1 is 1.18 bits per heavy atom. The first-order chi connectivity index (χ1) is 24.0. The third-order valence-electron chi connectivity index (χ3n) is 9.69. The Morgan fingerprint density at radius 2 is 1.88 bits per heavy atom. The molecule has 0 radical (unpaired) electrons. The summed E-state index contributed by atoms with van der Waals surface area (Å²) < 4.78 is 18.4. The second kappa shape index (κ2) is 16.2. The van der Waals surface area contributed by atoms with Gasteiger partial charge in [-0.25, -0.2) is 0 Å². The van der Waals surface area contributed by atoms with Crippen LogP contribution in [0.25, 0.3) is 0 Å². The molecule has 3 heterocycles. The number of hydrogen-bond donors (Lipinski definition) is 2. The van der Waals surface area contributed by atoms with Crippen LogP contribution in [0.5, 0.6) is 0 Å². The smallest absolute Gasteiger partial charge is 0.313 e. The van der Waals surface area contributed by atoms with E-state index in [0.29, 0.717) is 22.7 Å². The number of nitrogens with zero attached hydrogens (tertiary/aromatic N) is 2. The number of carbonyl (C=O) groups excluding carboxylic acids is 4. The van der Waals surface area contributed by atoms with Crippen molar-refractivity contribution >= 4 is 56.9 Å². The number of anilines is 1. The van der Waals surface area contributed by atoms with Crippen LogP contribution in [0, 0.1) is 11.8 Å². The number of likely N-dealkylation sites (tertiary alicyclic amines) is 1. The van der Waals surface area contributed by atoms with Crippen LogP contribution in [0.1, 0.15) is 37.9 Å². The van der Waals surface area contributed by atoms with Crippen molar-refractivity contribution in [1.29, 1.82) is 0 Å². The molecule has 3 aliphatic heterocycles. The Kier molecular flexibility index (Phi) is 12.2. The van der Waals surface area contributed by atoms with Gasteiger partial charge in [0.05, 0.1) is 43.2 Å². The number of alkyl halides is 1. The van der Waals surface area contributed by atoms with Gasteiger partial charge in [0.2, 0.25) is 11.8 Å². The predicted octanol–water partition coefficient (Wildman–Crippen LogP) is 4.37. The van der Waals surface area contributed by atoms with Gasteiger partial charge in [0.1, 0.15) is 17.7 Å². The average molecular weight is 773 g/mol. The highest BCUT2D eigenvalue weighted by molar-refractivity contribution is 9.09. The van der Waals surface area contributed by atoms with Crippen molar-refractivity contribution in [3.05, 3.63) is 90.5 Å². The standard InChI is InChI=1S/C37H43BrClN3O8/c1-5-7-13-28(44)40-27(21-48-4)31(23-11-9-8-10-12-23)49-36(47)29-30-34(45)42(22(3)20-43)33(37(30)19-26(38)32(29)50-37)35(46)41(18-6-2)25-16-14-24(39)15-17-25/h5-6,8-12,14-17,22,26-27,29-33,43H,1-2,7,13,18-21H2,3-4H3,(H,40,44)/t22-,26?,27-,29-,30+,31-,32-,33-,37+/m1/s1. The number of aliphatic hydroxyl groups is 1. The van der Waals surface area contributed by atoms with E-state index in [-0.39, 0.29) is 31.9 Å². The fourth-order valence-corrected chi connectivity index (χ4v) is 8.59. The van der Waals surface area contributed by atoms with Gasteiger partial charge in [0.25, 0.3) is 5.91 Å². The van der Waals surface area contributed by atoms with Crippen molar-refractivity contribution in [3.63, 3.8) is 0 Å². The summed E-state index contributed by atoms with van der Waals surface area (Å²) in [6.45, 7) is 8.90. The minimum absolute atomic E-state index is 0.0346. The molecule has 2 bridgehead atoms. The summed E-state index contributed by atoms with van der Waals surface area (Å²) in [4.78, 5) is 59.0. The summed E-state index contributed by atoms with van der Waals surface area (Å²) in [6.07, 6.45) is 2.37. The van der Waals surface area contributed by atoms with E-state index in [1.807, 2.05) is 6.07 Å². The molecule has 268 valence electrons. The highest BCUT2D eigenvalue weighted by Gasteiger charge is 2.77. The SMILES string of the molecule is C=CCCC(=O)N[C@H](COC)[C@H](OC(=O)[C@H]1[C@@H]2O[C@@]3(CC2Br)[C@@H]1C(=O)N([C@H](C)CO)[C@@H]3C(=O)N(CC=C)c1ccc(Cl)cc1)c1ccccc1. The Morgan fingerprint density at radius 3 is 2.50 bits per heavy atom. The lowest BCUT2D eigenvalue weighted by molar-refractivity contribution is -0.163. The van der Waals surface area contributed by atoms with E-state index in [2.05, 4.69) is 34.4 Å². The van der Waals surface area contributed by atoms with Crippen molar-refractivity contribution in [2.45, 2.75) is 66.9 Å². The fourth-order valence-electron chi connectivity index (χ4n) is 7.52. The number of ether oxygens (including phenoxy) is 3. The predicted molar refractivity (Wildman–Crippen MR) is 192 cm³/mol. The number of amides is 3. The van der Waals surface area contributed by atoms with Gasteiger partial charge in [-0.15, -0.1) is 13.2 Å². The number of benzene rings is 2. The third-order valence-corrected chi connectivity index (χ3v) is 10.8. The van der Waals surface area contributed by atoms with Gasteiger partial charge in [-0.05, 0) is 49.6 Å². The zero-order chi connectivity index (χ0) is 36.2. The molecule has 1 spiro atoms. The summed E-state index contributed by atoms with van der Waals surface area (Å²) in [7, 11) is 1.49. The molecule has 5 rings (SSSR count). The molecule has 0 aliphatic carbocycles. The van der Waals surface area contributed by atoms with Gasteiger partial charge in [-0.2, -0.15) is 0 Å². The zero-order valence-corrected chi connectivity index (χ0v) is 30.4. The zero-order valence-electron chi connectivity index (χ0n) is 28.1. The van der Waals surface area contributed by atoms with Gasteiger partial charge in [-0.1, -0.05) is 70.0 Å². The molecule has 1 unspecified atom stereocenters. The number of carbonyl (C=O) groups is 4. The van der Waals surface area contributed by atoms with E-state index >= 15 is 0 Å². The number of esters is 1. The van der Waals surface area contributed by atoms with Crippen molar-refractivity contribution < 1.29 is 38.5 Å². The number of halogens is 2. The van der Waals surface area contributed by atoms with E-state index in [1.165, 1.54) is 16.9 Å². The van der Waals surface area contributed by atoms with E-state index in [4.69, 9.17) is 25.8 Å². The third kappa shape index (κ3) is 7.13. The van der Waals surface area contributed by atoms with E-state index in [1.54, 1.807) is 67.6 Å². The first-order valence-corrected chi connectivity index (χ1v) is 17.9. The Hall–Kier alpha value is -3.55. The normalized spacial score (nSPS) is 26.9. The van der Waals surface area contributed by atoms with Crippen molar-refractivity contribution in [2.24, 2.45) is 11.8 Å². The van der Waals surface area contributed by atoms with E-state index in [0.717, 1.165) is 0 Å². The second-order valence-corrected chi connectivity index (χ2v) is 14.5. The van der Waals surface area contributed by atoms with Crippen LogP contribution in [0.3, 0.4) is 0 Å². The quantitative estimate of drug-likeness (QED) is 0.146. The van der Waals surface area contributed by atoms with Crippen LogP contribution in [-0.2, 0) is 33.4 Å². The monoisotopic (exact) mass is 771 g/mol. The largest absolute Gasteiger partial charge is 0.455 e. The fraction of sp³-hybridized carbons (Fsp3) is 0.459. The van der Waals surface area contributed by atoms with Gasteiger partial charge < -0.3 is 34.4 Å². The van der Waals surface area contributed by atoms with Gasteiger partial charge in [0, 0.05) is 35.6 Å². The maximum absolute atomic E-state index is 14.7. The van der Waals surface area contributed by atoms with Gasteiger partial charge in [0.15, 0.2) is 0 Å². The molecule has 3 saturated heterocycles. The van der Waals surface area contributed by atoms with Gasteiger partial charge >= 0.3 is 5.97 Å². The molecule has 0 saturated carbocycles. The molecular weight excluding hydrogens is 730 g/mol. The van der Waals surface area contributed by atoms with E-state index < -0.39 is 77.0 Å². The summed E-state index contributed by atoms with van der Waals surface area (Å²) in [6, 6.07) is 13.0. The molecule has 13 heteroatoms. The Labute approximate surface area is 305 Å². The number of methoxy groups -OCH3 is 1. The van der Waals surface area contributed by atoms with Crippen molar-refractivity contribution in [2.75, 3.05) is 31.8 Å². The number of fused-ring (bicyclic) bond motifs is 1. The number of hydrogen-bond acceptors (Lipinski definition) is 8. The number of nitrogens with one attached hydrogen (secondary N) is 1. The summed E-state index contributed by atoms with van der Waals surface area (Å²) in [5.41, 5.74) is -0.253. The number of allylic oxidation sites excluding steroid dienone is 1. The van der Waals surface area contributed by atoms with Crippen LogP contribution in [0.2, 0.25) is 5.02 Å². The molecule has 9 atom stereocenters. The first-order valence-electron chi connectivity index (χ1n) is 16.6. The molecule has 2 aromatic rings. The van der Waals surface area contributed by atoms with Crippen LogP contribution >= 0.6 is 27.5 Å². The van der Waals surface area contributed by atoms with Gasteiger partial charge in [-0.3, -0.25) is 19.2 Å². The Balaban J connectivity index is 1.53. The molecule has 3 fully saturated rings. The first kappa shape index (κ1) is 37.7. The molecule has 3 aliphatic rings. The van der Waals surface area contributed by atoms with E-state index in [9.17, 15) is 24.3 Å². The lowest BCUT2D eigenvalue weighted by Crippen LogP contribution is -2.58. The van der Waals surface area contributed by atoms with Crippen LogP contribution < -0.4 is 10.2 Å². The highest BCUT2D eigenvalue weighted by Crippen LogP contribution is 2.61. The molecule has 3 amide bonds. The molecular formula is C37H43BrClN3O8. The number of aliphatic hydroxyl groups excluding tert-OH is 1. The Bertz CT molecular complexity index is 1580. The van der Waals surface area contributed by atoms with Crippen molar-refractivity contribution in [1.82, 2.24) is 10.2 Å². The average Bonchev–Trinajstić information content (AvgIpc) is 3.71. The minimum Gasteiger partial charge on any atom is -0.455 e. The molecule has 2 aromatic carbocycles. The summed E-state index contributed by atoms with van der Waals surface area (Å²) >= 11 is 9.84. The maximum Gasteiger partial charge on any atom is 0.313 e. The minimum atomic E-state index is -1.40. The van der Waals surface area contributed by atoms with Crippen molar-refractivity contribution in [3.8, 4) is 0 Å². The highest BCUT2D eigenvalue weighted by atomic mass is 79.9. The number of rotatable bonds is 16. The molecule has 0 aromatic heterocycles. The van der Waals surface area contributed by atoms with Crippen LogP contribution in [-0.4, -0.2) is 95.2 Å². The van der Waals surface area contributed by atoms with Crippen LogP contribution in [0.4, 0.5) is 5.69 Å². The maximum atomic E-state index is 14.7. The lowest BCUT2D eigenvalue weighted by Gasteiger charge is -2.38. The lowest BCUT2D eigenvalue weighted by atomic mass is 9.70. The summed E-state index contributed by atoms with van der Waals surface area (Å²) in [5.74, 6) is -4.07. The summed E-state index contributed by atoms with van der Waals surface area (Å²) in [5, 5.41) is 13.7. The van der Waals surface area contributed by atoms with Crippen LogP contribution in [0.15, 0.2) is 79.9 Å². The molecule has 11 nitrogen and oxygen atoms in total. The molecule has 2 N–H and O–H groups in total.